The van der Waals surface area contributed by atoms with E-state index in [-0.39, 0.29) is 23.7 Å². The maximum atomic E-state index is 12.3. The highest BCUT2D eigenvalue weighted by Gasteiger charge is 2.16. The first-order chi connectivity index (χ1) is 12.9. The summed E-state index contributed by atoms with van der Waals surface area (Å²) in [5.74, 6) is -0.791. The Bertz CT molecular complexity index is 863. The zero-order valence-corrected chi connectivity index (χ0v) is 15.5. The monoisotopic (exact) mass is 396 g/mol. The zero-order chi connectivity index (χ0) is 19.7. The third kappa shape index (κ3) is 6.85. The molecule has 0 aliphatic rings. The second-order valence-electron chi connectivity index (χ2n) is 5.28. The number of furan rings is 1. The summed E-state index contributed by atoms with van der Waals surface area (Å²) in [5.41, 5.74) is 0.252. The van der Waals surface area contributed by atoms with Crippen molar-refractivity contribution in [2.75, 3.05) is 25.1 Å². The van der Waals surface area contributed by atoms with Crippen LogP contribution in [0.2, 0.25) is 0 Å². The van der Waals surface area contributed by atoms with Crippen molar-refractivity contribution in [3.05, 3.63) is 48.4 Å². The number of carbonyl (C=O) groups is 2. The zero-order valence-electron chi connectivity index (χ0n) is 14.6. The van der Waals surface area contributed by atoms with Crippen molar-refractivity contribution in [1.29, 1.82) is 0 Å². The fraction of sp³-hybridized carbons (Fsp3) is 0.294. The van der Waals surface area contributed by atoms with Crippen molar-refractivity contribution < 1.29 is 31.9 Å². The Balaban J connectivity index is 1.91. The van der Waals surface area contributed by atoms with Gasteiger partial charge in [0.1, 0.15) is 12.4 Å². The SMILES string of the molecule is CCOCC(=O)OCC(=O)Nc1cccc(S(=O)(=O)NCc2ccco2)c1. The van der Waals surface area contributed by atoms with Crippen LogP contribution in [0.1, 0.15) is 12.7 Å². The van der Waals surface area contributed by atoms with Gasteiger partial charge in [-0.05, 0) is 37.3 Å². The van der Waals surface area contributed by atoms with Crippen molar-refractivity contribution in [3.63, 3.8) is 0 Å². The summed E-state index contributed by atoms with van der Waals surface area (Å²) in [4.78, 5) is 23.1. The van der Waals surface area contributed by atoms with Crippen LogP contribution in [0.3, 0.4) is 0 Å². The van der Waals surface area contributed by atoms with E-state index >= 15 is 0 Å². The third-order valence-electron chi connectivity index (χ3n) is 3.23. The predicted molar refractivity (Wildman–Crippen MR) is 95.3 cm³/mol. The summed E-state index contributed by atoms with van der Waals surface area (Å²) in [6.45, 7) is 1.35. The van der Waals surface area contributed by atoms with Gasteiger partial charge in [-0.2, -0.15) is 0 Å². The summed E-state index contributed by atoms with van der Waals surface area (Å²) in [6.07, 6.45) is 1.45. The summed E-state index contributed by atoms with van der Waals surface area (Å²) in [5, 5.41) is 2.47. The van der Waals surface area contributed by atoms with Crippen LogP contribution in [0, 0.1) is 0 Å². The molecule has 0 radical (unpaired) electrons. The molecule has 0 fully saturated rings. The molecule has 2 rings (SSSR count). The van der Waals surface area contributed by atoms with Gasteiger partial charge in [-0.25, -0.2) is 17.9 Å². The minimum atomic E-state index is -3.79. The summed E-state index contributed by atoms with van der Waals surface area (Å²) < 4.78 is 41.7. The molecule has 0 aliphatic carbocycles. The van der Waals surface area contributed by atoms with Crippen LogP contribution >= 0.6 is 0 Å². The van der Waals surface area contributed by atoms with Crippen molar-refractivity contribution >= 4 is 27.6 Å². The number of amides is 1. The van der Waals surface area contributed by atoms with Crippen molar-refractivity contribution in [1.82, 2.24) is 4.72 Å². The summed E-state index contributed by atoms with van der Waals surface area (Å²) in [6, 6.07) is 8.99. The molecule has 1 aromatic heterocycles. The minimum Gasteiger partial charge on any atom is -0.468 e. The first-order valence-corrected chi connectivity index (χ1v) is 9.54. The van der Waals surface area contributed by atoms with E-state index in [0.717, 1.165) is 0 Å². The first kappa shape index (κ1) is 20.6. The molecule has 2 N–H and O–H groups in total. The van der Waals surface area contributed by atoms with Gasteiger partial charge in [0.05, 0.1) is 17.7 Å². The van der Waals surface area contributed by atoms with E-state index in [2.05, 4.69) is 10.0 Å². The second-order valence-corrected chi connectivity index (χ2v) is 7.04. The van der Waals surface area contributed by atoms with Crippen molar-refractivity contribution in [2.24, 2.45) is 0 Å². The molecule has 0 unspecified atom stereocenters. The largest absolute Gasteiger partial charge is 0.468 e. The van der Waals surface area contributed by atoms with Gasteiger partial charge in [-0.3, -0.25) is 4.79 Å². The van der Waals surface area contributed by atoms with E-state index in [1.165, 1.54) is 30.5 Å². The number of esters is 1. The Kier molecular flexibility index (Phi) is 7.53. The van der Waals surface area contributed by atoms with Crippen molar-refractivity contribution in [3.8, 4) is 0 Å². The fourth-order valence-electron chi connectivity index (χ4n) is 1.97. The number of anilines is 1. The van der Waals surface area contributed by atoms with Gasteiger partial charge in [0.25, 0.3) is 5.91 Å². The molecule has 0 atom stereocenters. The Hall–Kier alpha value is -2.69. The molecular weight excluding hydrogens is 376 g/mol. The van der Waals surface area contributed by atoms with Crippen LogP contribution in [0.5, 0.6) is 0 Å². The normalized spacial score (nSPS) is 11.1. The van der Waals surface area contributed by atoms with Crippen LogP contribution in [0.15, 0.2) is 52.0 Å². The number of ether oxygens (including phenoxy) is 2. The van der Waals surface area contributed by atoms with Gasteiger partial charge < -0.3 is 19.2 Å². The van der Waals surface area contributed by atoms with Crippen LogP contribution < -0.4 is 10.0 Å². The van der Waals surface area contributed by atoms with E-state index in [4.69, 9.17) is 13.9 Å². The number of nitrogens with one attached hydrogen (secondary N) is 2. The predicted octanol–water partition coefficient (Wildman–Crippen LogP) is 1.28. The Morgan fingerprint density at radius 2 is 1.96 bits per heavy atom. The second kappa shape index (κ2) is 9.86. The molecule has 2 aromatic rings. The van der Waals surface area contributed by atoms with E-state index in [1.807, 2.05) is 0 Å². The number of benzene rings is 1. The maximum Gasteiger partial charge on any atom is 0.332 e. The lowest BCUT2D eigenvalue weighted by Gasteiger charge is -2.09. The van der Waals surface area contributed by atoms with Gasteiger partial charge in [0, 0.05) is 12.3 Å². The molecular formula is C17H20N2O7S. The third-order valence-corrected chi connectivity index (χ3v) is 4.63. The van der Waals surface area contributed by atoms with Gasteiger partial charge >= 0.3 is 5.97 Å². The quantitative estimate of drug-likeness (QED) is 0.580. The first-order valence-electron chi connectivity index (χ1n) is 8.06. The highest BCUT2D eigenvalue weighted by atomic mass is 32.2. The van der Waals surface area contributed by atoms with Crippen LogP contribution in [0.25, 0.3) is 0 Å². The molecule has 0 saturated carbocycles. The molecule has 0 spiro atoms. The molecule has 1 aromatic carbocycles. The van der Waals surface area contributed by atoms with Gasteiger partial charge in [-0.1, -0.05) is 6.07 Å². The Morgan fingerprint density at radius 1 is 1.15 bits per heavy atom. The molecule has 1 amide bonds. The topological polar surface area (TPSA) is 124 Å². The number of rotatable bonds is 10. The lowest BCUT2D eigenvalue weighted by Crippen LogP contribution is -2.24. The standard InChI is InChI=1S/C17H20N2O7S/c1-2-24-12-17(21)26-11-16(20)19-13-5-3-7-15(9-13)27(22,23)18-10-14-6-4-8-25-14/h3-9,18H,2,10-12H2,1H3,(H,19,20). The molecule has 146 valence electrons. The van der Waals surface area contributed by atoms with E-state index < -0.39 is 28.5 Å². The maximum absolute atomic E-state index is 12.3. The average molecular weight is 396 g/mol. The smallest absolute Gasteiger partial charge is 0.332 e. The number of carbonyl (C=O) groups excluding carboxylic acids is 2. The van der Waals surface area contributed by atoms with E-state index in [1.54, 1.807) is 19.1 Å². The van der Waals surface area contributed by atoms with Crippen LogP contribution in [-0.2, 0) is 35.6 Å². The molecule has 10 heteroatoms. The lowest BCUT2D eigenvalue weighted by atomic mass is 10.3. The minimum absolute atomic E-state index is 0.00169. The molecule has 1 heterocycles. The molecule has 0 bridgehead atoms. The molecule has 9 nitrogen and oxygen atoms in total. The Labute approximate surface area is 156 Å². The highest BCUT2D eigenvalue weighted by molar-refractivity contribution is 7.89. The summed E-state index contributed by atoms with van der Waals surface area (Å²) in [7, 11) is -3.79. The average Bonchev–Trinajstić information content (AvgIpc) is 3.17. The summed E-state index contributed by atoms with van der Waals surface area (Å²) >= 11 is 0. The van der Waals surface area contributed by atoms with Crippen LogP contribution in [0.4, 0.5) is 5.69 Å². The number of hydrogen-bond acceptors (Lipinski definition) is 7. The van der Waals surface area contributed by atoms with Gasteiger partial charge in [0.15, 0.2) is 6.61 Å². The van der Waals surface area contributed by atoms with Gasteiger partial charge in [-0.15, -0.1) is 0 Å². The van der Waals surface area contributed by atoms with Crippen LogP contribution in [-0.4, -0.2) is 40.1 Å². The highest BCUT2D eigenvalue weighted by Crippen LogP contribution is 2.16. The molecule has 27 heavy (non-hydrogen) atoms. The molecule has 0 saturated heterocycles. The number of hydrogen-bond donors (Lipinski definition) is 2. The number of sulfonamides is 1. The molecule has 0 aliphatic heterocycles. The lowest BCUT2D eigenvalue weighted by molar-refractivity contribution is -0.151. The van der Waals surface area contributed by atoms with E-state index in [9.17, 15) is 18.0 Å². The van der Waals surface area contributed by atoms with E-state index in [0.29, 0.717) is 12.4 Å². The fourth-order valence-corrected chi connectivity index (χ4v) is 3.01. The Morgan fingerprint density at radius 3 is 2.67 bits per heavy atom. The van der Waals surface area contributed by atoms with Gasteiger partial charge in [0.2, 0.25) is 10.0 Å². The van der Waals surface area contributed by atoms with Crippen molar-refractivity contribution in [2.45, 2.75) is 18.4 Å².